The van der Waals surface area contributed by atoms with Crippen LogP contribution < -0.4 is 0 Å². The molecule has 0 aromatic heterocycles. The fourth-order valence-electron chi connectivity index (χ4n) is 2.10. The average molecular weight is 195 g/mol. The molecule has 0 aliphatic heterocycles. The smallest absolute Gasteiger partial charge is 0.0148 e. The summed E-state index contributed by atoms with van der Waals surface area (Å²) in [7, 11) is 3.08. The Morgan fingerprint density at radius 3 is 2.09 bits per heavy atom. The minimum atomic E-state index is 0. The van der Waals surface area contributed by atoms with E-state index in [-0.39, 0.29) is 12.4 Å². The lowest BCUT2D eigenvalue weighted by atomic mass is 9.95. The maximum atomic E-state index is 3.08. The van der Waals surface area contributed by atoms with E-state index in [2.05, 4.69) is 23.1 Å². The largest absolute Gasteiger partial charge is 0.147 e. The molecule has 1 fully saturated rings. The fraction of sp³-hybridized carbons (Fsp3) is 1.00. The molecule has 1 atom stereocenters. The molecule has 2 heteroatoms. The molecule has 0 radical (unpaired) electrons. The van der Waals surface area contributed by atoms with Crippen LogP contribution in [0.1, 0.15) is 46.0 Å². The Balaban J connectivity index is 0.000001000. The first-order chi connectivity index (χ1) is 4.62. The van der Waals surface area contributed by atoms with Crippen LogP contribution in [-0.2, 0) is 0 Å². The third-order valence-corrected chi connectivity index (χ3v) is 3.23. The third-order valence-electron chi connectivity index (χ3n) is 2.41. The van der Waals surface area contributed by atoms with Crippen LogP contribution in [0.3, 0.4) is 0 Å². The van der Waals surface area contributed by atoms with Gasteiger partial charge < -0.3 is 0 Å². The summed E-state index contributed by atoms with van der Waals surface area (Å²) in [5.74, 6) is 0.871. The average Bonchev–Trinajstić information content (AvgIpc) is 2.12. The summed E-state index contributed by atoms with van der Waals surface area (Å²) < 4.78 is 0. The third kappa shape index (κ3) is 3.76. The van der Waals surface area contributed by atoms with Gasteiger partial charge in [-0.1, -0.05) is 26.7 Å². The van der Waals surface area contributed by atoms with Crippen molar-refractivity contribution in [1.82, 2.24) is 0 Å². The fourth-order valence-corrected chi connectivity index (χ4v) is 2.98. The Morgan fingerprint density at radius 1 is 1.27 bits per heavy atom. The van der Waals surface area contributed by atoms with Crippen molar-refractivity contribution in [1.29, 1.82) is 0 Å². The molecule has 0 saturated heterocycles. The van der Waals surface area contributed by atoms with Crippen molar-refractivity contribution in [3.05, 3.63) is 0 Å². The molecule has 11 heavy (non-hydrogen) atoms. The zero-order chi connectivity index (χ0) is 7.61. The topological polar surface area (TPSA) is 0 Å². The Morgan fingerprint density at radius 2 is 1.73 bits per heavy atom. The van der Waals surface area contributed by atoms with Gasteiger partial charge in [-0.15, -0.1) is 21.6 Å². The van der Waals surface area contributed by atoms with E-state index in [0.717, 1.165) is 5.92 Å². The number of hydrogen-bond donors (Lipinski definition) is 0. The molecule has 0 aromatic carbocycles. The number of halogens is 1. The number of rotatable bonds is 2. The SMILES string of the molecule is CC(C)CC1(P)CCCC1.Cl. The highest BCUT2D eigenvalue weighted by molar-refractivity contribution is 7.19. The van der Waals surface area contributed by atoms with Crippen LogP contribution in [0.15, 0.2) is 0 Å². The van der Waals surface area contributed by atoms with E-state index in [4.69, 9.17) is 0 Å². The van der Waals surface area contributed by atoms with Crippen LogP contribution in [0.25, 0.3) is 0 Å². The van der Waals surface area contributed by atoms with E-state index in [1.165, 1.54) is 32.1 Å². The Kier molecular flexibility index (Phi) is 4.98. The van der Waals surface area contributed by atoms with Crippen LogP contribution in [0.5, 0.6) is 0 Å². The molecule has 0 aromatic rings. The highest BCUT2D eigenvalue weighted by Gasteiger charge is 2.28. The van der Waals surface area contributed by atoms with Gasteiger partial charge in [0, 0.05) is 0 Å². The zero-order valence-electron chi connectivity index (χ0n) is 7.60. The Bertz CT molecular complexity index is 106. The second kappa shape index (κ2) is 4.67. The Labute approximate surface area is 79.1 Å². The first-order valence-electron chi connectivity index (χ1n) is 4.41. The lowest BCUT2D eigenvalue weighted by Gasteiger charge is -2.25. The summed E-state index contributed by atoms with van der Waals surface area (Å²) in [6.45, 7) is 4.65. The van der Waals surface area contributed by atoms with Crippen LogP contribution >= 0.6 is 21.6 Å². The molecule has 68 valence electrons. The van der Waals surface area contributed by atoms with Crippen molar-refractivity contribution in [2.45, 2.75) is 51.1 Å². The van der Waals surface area contributed by atoms with Crippen molar-refractivity contribution in [3.63, 3.8) is 0 Å². The zero-order valence-corrected chi connectivity index (χ0v) is 9.57. The minimum Gasteiger partial charge on any atom is -0.147 e. The van der Waals surface area contributed by atoms with Crippen LogP contribution in [0, 0.1) is 5.92 Å². The molecule has 0 amide bonds. The van der Waals surface area contributed by atoms with Crippen LogP contribution in [0.2, 0.25) is 0 Å². The van der Waals surface area contributed by atoms with Crippen LogP contribution in [-0.4, -0.2) is 5.16 Å². The summed E-state index contributed by atoms with van der Waals surface area (Å²) >= 11 is 0. The van der Waals surface area contributed by atoms with Crippen molar-refractivity contribution in [2.75, 3.05) is 0 Å². The first kappa shape index (κ1) is 11.7. The molecule has 0 N–H and O–H groups in total. The van der Waals surface area contributed by atoms with E-state index in [1.807, 2.05) is 0 Å². The molecule has 0 spiro atoms. The predicted molar refractivity (Wildman–Crippen MR) is 57.6 cm³/mol. The maximum absolute atomic E-state index is 3.08. The summed E-state index contributed by atoms with van der Waals surface area (Å²) in [5.41, 5.74) is 0. The van der Waals surface area contributed by atoms with Gasteiger partial charge >= 0.3 is 0 Å². The number of hydrogen-bond acceptors (Lipinski definition) is 0. The van der Waals surface area contributed by atoms with Gasteiger partial charge in [0.25, 0.3) is 0 Å². The first-order valence-corrected chi connectivity index (χ1v) is 4.99. The lowest BCUT2D eigenvalue weighted by molar-refractivity contribution is 0.458. The molecule has 1 saturated carbocycles. The monoisotopic (exact) mass is 194 g/mol. The standard InChI is InChI=1S/C9H19P.ClH/c1-8(2)7-9(10)5-3-4-6-9;/h8H,3-7,10H2,1-2H3;1H. The van der Waals surface area contributed by atoms with Crippen molar-refractivity contribution < 1.29 is 0 Å². The van der Waals surface area contributed by atoms with Gasteiger partial charge in [0.15, 0.2) is 0 Å². The molecule has 1 unspecified atom stereocenters. The molecule has 0 bridgehead atoms. The summed E-state index contributed by atoms with van der Waals surface area (Å²) in [6, 6.07) is 0. The quantitative estimate of drug-likeness (QED) is 0.589. The van der Waals surface area contributed by atoms with E-state index < -0.39 is 0 Å². The highest BCUT2D eigenvalue weighted by Crippen LogP contribution is 2.42. The second-order valence-electron chi connectivity index (χ2n) is 4.17. The Hall–Kier alpha value is 0.720. The van der Waals surface area contributed by atoms with E-state index in [0.29, 0.717) is 5.16 Å². The normalized spacial score (nSPS) is 21.8. The van der Waals surface area contributed by atoms with Crippen molar-refractivity contribution in [3.8, 4) is 0 Å². The molecular formula is C9H20ClP. The molecule has 0 nitrogen and oxygen atoms in total. The van der Waals surface area contributed by atoms with Gasteiger partial charge in [-0.2, -0.15) is 0 Å². The molecule has 1 rings (SSSR count). The maximum Gasteiger partial charge on any atom is -0.0148 e. The molecular weight excluding hydrogens is 175 g/mol. The summed E-state index contributed by atoms with van der Waals surface area (Å²) in [6.07, 6.45) is 7.19. The minimum absolute atomic E-state index is 0. The predicted octanol–water partition coefficient (Wildman–Crippen LogP) is 3.64. The molecule has 0 heterocycles. The van der Waals surface area contributed by atoms with Gasteiger partial charge in [0.05, 0.1) is 0 Å². The van der Waals surface area contributed by atoms with E-state index in [1.54, 1.807) is 0 Å². The summed E-state index contributed by atoms with van der Waals surface area (Å²) in [4.78, 5) is 0. The van der Waals surface area contributed by atoms with Crippen molar-refractivity contribution >= 4 is 21.6 Å². The van der Waals surface area contributed by atoms with Gasteiger partial charge in [0.1, 0.15) is 0 Å². The van der Waals surface area contributed by atoms with Gasteiger partial charge in [-0.3, -0.25) is 0 Å². The lowest BCUT2D eigenvalue weighted by Crippen LogP contribution is -2.17. The van der Waals surface area contributed by atoms with Crippen LogP contribution in [0.4, 0.5) is 0 Å². The second-order valence-corrected chi connectivity index (χ2v) is 5.39. The van der Waals surface area contributed by atoms with Gasteiger partial charge in [-0.05, 0) is 30.3 Å². The van der Waals surface area contributed by atoms with Gasteiger partial charge in [-0.25, -0.2) is 0 Å². The van der Waals surface area contributed by atoms with Gasteiger partial charge in [0.2, 0.25) is 0 Å². The van der Waals surface area contributed by atoms with E-state index >= 15 is 0 Å². The molecule has 1 aliphatic carbocycles. The summed E-state index contributed by atoms with van der Waals surface area (Å²) in [5, 5.41) is 0.633. The highest BCUT2D eigenvalue weighted by atomic mass is 35.5. The van der Waals surface area contributed by atoms with Crippen molar-refractivity contribution in [2.24, 2.45) is 5.92 Å². The van der Waals surface area contributed by atoms with E-state index in [9.17, 15) is 0 Å². The molecule has 1 aliphatic rings.